The first-order chi connectivity index (χ1) is 12.1. The molecule has 0 unspecified atom stereocenters. The van der Waals surface area contributed by atoms with E-state index in [1.807, 2.05) is 6.07 Å². The van der Waals surface area contributed by atoms with E-state index in [1.165, 1.54) is 4.90 Å². The highest BCUT2D eigenvalue weighted by Gasteiger charge is 2.37. The van der Waals surface area contributed by atoms with E-state index >= 15 is 0 Å². The largest absolute Gasteiger partial charge is 0.352 e. The van der Waals surface area contributed by atoms with Crippen LogP contribution in [-0.2, 0) is 4.79 Å². The number of carbonyl (C=O) groups is 2. The minimum Gasteiger partial charge on any atom is -0.352 e. The van der Waals surface area contributed by atoms with Crippen molar-refractivity contribution in [3.63, 3.8) is 0 Å². The summed E-state index contributed by atoms with van der Waals surface area (Å²) < 4.78 is 0. The SMILES string of the molecule is O=C(CN1C(=O)N2CCCN=C2c2ccc(Cl)cc21)NC1CCCC1. The first kappa shape index (κ1) is 16.4. The summed E-state index contributed by atoms with van der Waals surface area (Å²) in [6, 6.07) is 5.45. The second-order valence-electron chi connectivity index (χ2n) is 6.79. The van der Waals surface area contributed by atoms with Crippen LogP contribution in [0.1, 0.15) is 37.7 Å². The van der Waals surface area contributed by atoms with Gasteiger partial charge in [0, 0.05) is 29.7 Å². The van der Waals surface area contributed by atoms with Gasteiger partial charge in [-0.1, -0.05) is 24.4 Å². The van der Waals surface area contributed by atoms with Gasteiger partial charge in [-0.05, 0) is 37.5 Å². The number of nitrogens with zero attached hydrogens (tertiary/aromatic N) is 3. The second-order valence-corrected chi connectivity index (χ2v) is 7.23. The predicted octanol–water partition coefficient (Wildman–Crippen LogP) is 2.79. The standard InChI is InChI=1S/C18H21ClN4O2/c19-12-6-7-14-15(10-12)23(11-16(24)21-13-4-1-2-5-13)18(25)22-9-3-8-20-17(14)22/h6-7,10,13H,1-5,8-9,11H2,(H,21,24). The van der Waals surface area contributed by atoms with Crippen LogP contribution in [0.3, 0.4) is 0 Å². The number of nitrogens with one attached hydrogen (secondary N) is 1. The lowest BCUT2D eigenvalue weighted by Gasteiger charge is -2.39. The van der Waals surface area contributed by atoms with Crippen LogP contribution >= 0.6 is 11.6 Å². The summed E-state index contributed by atoms with van der Waals surface area (Å²) in [6.07, 6.45) is 5.18. The smallest absolute Gasteiger partial charge is 0.330 e. The maximum absolute atomic E-state index is 13.0. The van der Waals surface area contributed by atoms with Crippen molar-refractivity contribution < 1.29 is 9.59 Å². The molecule has 0 spiro atoms. The van der Waals surface area contributed by atoms with Crippen LogP contribution in [0, 0.1) is 0 Å². The minimum absolute atomic E-state index is 0.00640. The van der Waals surface area contributed by atoms with Crippen LogP contribution in [-0.4, -0.2) is 48.3 Å². The van der Waals surface area contributed by atoms with Gasteiger partial charge in [0.2, 0.25) is 5.91 Å². The Balaban J connectivity index is 1.63. The van der Waals surface area contributed by atoms with Crippen molar-refractivity contribution in [1.29, 1.82) is 0 Å². The summed E-state index contributed by atoms with van der Waals surface area (Å²) in [5.74, 6) is 0.568. The van der Waals surface area contributed by atoms with E-state index in [0.717, 1.165) is 37.7 Å². The molecule has 7 heteroatoms. The van der Waals surface area contributed by atoms with Gasteiger partial charge in [0.05, 0.1) is 5.69 Å². The molecule has 2 aliphatic heterocycles. The molecule has 0 saturated heterocycles. The number of halogens is 1. The summed E-state index contributed by atoms with van der Waals surface area (Å²) in [7, 11) is 0. The minimum atomic E-state index is -0.199. The van der Waals surface area contributed by atoms with Crippen LogP contribution in [0.4, 0.5) is 10.5 Å². The first-order valence-electron chi connectivity index (χ1n) is 8.86. The van der Waals surface area contributed by atoms with Crippen molar-refractivity contribution in [3.8, 4) is 0 Å². The molecule has 0 aromatic heterocycles. The molecule has 132 valence electrons. The zero-order valence-electron chi connectivity index (χ0n) is 14.0. The number of aliphatic imine (C=N–C) groups is 1. The Labute approximate surface area is 151 Å². The molecular weight excluding hydrogens is 340 g/mol. The number of hydrogen-bond acceptors (Lipinski definition) is 3. The predicted molar refractivity (Wildman–Crippen MR) is 97.3 cm³/mol. The average Bonchev–Trinajstić information content (AvgIpc) is 3.11. The Morgan fingerprint density at radius 1 is 1.28 bits per heavy atom. The molecule has 1 saturated carbocycles. The van der Waals surface area contributed by atoms with Crippen molar-refractivity contribution in [2.24, 2.45) is 4.99 Å². The molecule has 1 aromatic rings. The molecule has 1 fully saturated rings. The molecule has 4 rings (SSSR count). The molecule has 25 heavy (non-hydrogen) atoms. The summed E-state index contributed by atoms with van der Waals surface area (Å²) in [6.45, 7) is 1.34. The normalized spacial score (nSPS) is 20.2. The number of anilines is 1. The molecule has 0 radical (unpaired) electrons. The zero-order chi connectivity index (χ0) is 17.4. The molecule has 1 N–H and O–H groups in total. The third-order valence-corrected chi connectivity index (χ3v) is 5.27. The van der Waals surface area contributed by atoms with Crippen molar-refractivity contribution in [2.45, 2.75) is 38.1 Å². The topological polar surface area (TPSA) is 65.0 Å². The van der Waals surface area contributed by atoms with E-state index in [9.17, 15) is 9.59 Å². The third kappa shape index (κ3) is 3.11. The monoisotopic (exact) mass is 360 g/mol. The van der Waals surface area contributed by atoms with Gasteiger partial charge in [-0.15, -0.1) is 0 Å². The Morgan fingerprint density at radius 3 is 2.88 bits per heavy atom. The Bertz CT molecular complexity index is 743. The molecule has 1 aromatic carbocycles. The quantitative estimate of drug-likeness (QED) is 0.900. The number of benzene rings is 1. The highest BCUT2D eigenvalue weighted by atomic mass is 35.5. The van der Waals surface area contributed by atoms with E-state index in [4.69, 9.17) is 11.6 Å². The maximum atomic E-state index is 13.0. The molecule has 0 atom stereocenters. The van der Waals surface area contributed by atoms with Gasteiger partial charge in [-0.2, -0.15) is 0 Å². The number of fused-ring (bicyclic) bond motifs is 3. The van der Waals surface area contributed by atoms with Crippen molar-refractivity contribution >= 4 is 35.1 Å². The van der Waals surface area contributed by atoms with Gasteiger partial charge in [-0.3, -0.25) is 19.6 Å². The van der Waals surface area contributed by atoms with Crippen molar-refractivity contribution in [3.05, 3.63) is 28.8 Å². The second kappa shape index (κ2) is 6.67. The van der Waals surface area contributed by atoms with Gasteiger partial charge in [-0.25, -0.2) is 4.79 Å². The Hall–Kier alpha value is -2.08. The number of amidine groups is 1. The number of amides is 3. The van der Waals surface area contributed by atoms with E-state index < -0.39 is 0 Å². The van der Waals surface area contributed by atoms with E-state index in [2.05, 4.69) is 10.3 Å². The molecule has 1 aliphatic carbocycles. The van der Waals surface area contributed by atoms with Crippen molar-refractivity contribution in [1.82, 2.24) is 10.2 Å². The number of hydrogen-bond donors (Lipinski definition) is 1. The summed E-state index contributed by atoms with van der Waals surface area (Å²) in [5, 5.41) is 3.59. The van der Waals surface area contributed by atoms with Crippen LogP contribution in [0.2, 0.25) is 5.02 Å². The Morgan fingerprint density at radius 2 is 2.08 bits per heavy atom. The summed E-state index contributed by atoms with van der Waals surface area (Å²) in [5.41, 5.74) is 1.52. The highest BCUT2D eigenvalue weighted by molar-refractivity contribution is 6.31. The van der Waals surface area contributed by atoms with Gasteiger partial charge >= 0.3 is 6.03 Å². The Kier molecular flexibility index (Phi) is 4.37. The lowest BCUT2D eigenvalue weighted by Crippen LogP contribution is -2.55. The summed E-state index contributed by atoms with van der Waals surface area (Å²) >= 11 is 6.15. The van der Waals surface area contributed by atoms with Crippen LogP contribution in [0.25, 0.3) is 0 Å². The number of rotatable bonds is 3. The molecule has 3 aliphatic rings. The lowest BCUT2D eigenvalue weighted by atomic mass is 10.1. The summed E-state index contributed by atoms with van der Waals surface area (Å²) in [4.78, 5) is 33.1. The van der Waals surface area contributed by atoms with Gasteiger partial charge in [0.1, 0.15) is 12.4 Å². The molecule has 3 amide bonds. The number of carbonyl (C=O) groups excluding carboxylic acids is 2. The average molecular weight is 361 g/mol. The fourth-order valence-electron chi connectivity index (χ4n) is 3.83. The van der Waals surface area contributed by atoms with E-state index in [-0.39, 0.29) is 24.5 Å². The lowest BCUT2D eigenvalue weighted by molar-refractivity contribution is -0.120. The molecule has 0 bridgehead atoms. The molecular formula is C18H21ClN4O2. The van der Waals surface area contributed by atoms with Crippen LogP contribution in [0.15, 0.2) is 23.2 Å². The third-order valence-electron chi connectivity index (χ3n) is 5.03. The van der Waals surface area contributed by atoms with Crippen LogP contribution in [0.5, 0.6) is 0 Å². The van der Waals surface area contributed by atoms with Gasteiger partial charge < -0.3 is 5.32 Å². The molecule has 2 heterocycles. The van der Waals surface area contributed by atoms with E-state index in [1.54, 1.807) is 17.0 Å². The van der Waals surface area contributed by atoms with Crippen molar-refractivity contribution in [2.75, 3.05) is 24.5 Å². The van der Waals surface area contributed by atoms with E-state index in [0.29, 0.717) is 29.6 Å². The number of urea groups is 1. The van der Waals surface area contributed by atoms with Gasteiger partial charge in [0.15, 0.2) is 0 Å². The zero-order valence-corrected chi connectivity index (χ0v) is 14.8. The highest BCUT2D eigenvalue weighted by Crippen LogP contribution is 2.32. The maximum Gasteiger partial charge on any atom is 0.330 e. The fourth-order valence-corrected chi connectivity index (χ4v) is 3.99. The molecule has 6 nitrogen and oxygen atoms in total. The fraction of sp³-hybridized carbons (Fsp3) is 0.500. The van der Waals surface area contributed by atoms with Crippen LogP contribution < -0.4 is 10.2 Å². The first-order valence-corrected chi connectivity index (χ1v) is 9.24. The van der Waals surface area contributed by atoms with Gasteiger partial charge in [0.25, 0.3) is 0 Å².